The van der Waals surface area contributed by atoms with Crippen LogP contribution in [0.25, 0.3) is 0 Å². The van der Waals surface area contributed by atoms with Crippen LogP contribution >= 0.6 is 0 Å². The number of hydrogen-bond acceptors (Lipinski definition) is 4. The number of fused-ring (bicyclic) bond motifs is 2. The van der Waals surface area contributed by atoms with E-state index in [2.05, 4.69) is 5.32 Å². The molecule has 0 aromatic heterocycles. The molecule has 2 heterocycles. The van der Waals surface area contributed by atoms with E-state index in [9.17, 15) is 9.59 Å². The first-order valence-corrected chi connectivity index (χ1v) is 9.38. The second-order valence-electron chi connectivity index (χ2n) is 8.28. The van der Waals surface area contributed by atoms with Crippen molar-refractivity contribution >= 4 is 12.1 Å². The summed E-state index contributed by atoms with van der Waals surface area (Å²) in [5, 5.41) is 3.05. The van der Waals surface area contributed by atoms with Crippen LogP contribution in [0.15, 0.2) is 24.3 Å². The molecule has 148 valence electrons. The Morgan fingerprint density at radius 1 is 1.19 bits per heavy atom. The van der Waals surface area contributed by atoms with Crippen LogP contribution in [0.2, 0.25) is 0 Å². The maximum absolute atomic E-state index is 12.7. The van der Waals surface area contributed by atoms with Gasteiger partial charge in [0.2, 0.25) is 0 Å². The number of nitrogens with one attached hydrogen (secondary N) is 1. The lowest BCUT2D eigenvalue weighted by Crippen LogP contribution is -2.54. The molecule has 0 aliphatic carbocycles. The van der Waals surface area contributed by atoms with Gasteiger partial charge in [-0.15, -0.1) is 0 Å². The number of rotatable bonds is 3. The molecule has 27 heavy (non-hydrogen) atoms. The smallest absolute Gasteiger partial charge is 0.410 e. The molecule has 2 aliphatic heterocycles. The van der Waals surface area contributed by atoms with Crippen LogP contribution in [-0.4, -0.2) is 59.8 Å². The van der Waals surface area contributed by atoms with E-state index < -0.39 is 5.60 Å². The van der Waals surface area contributed by atoms with Gasteiger partial charge in [-0.25, -0.2) is 9.59 Å². The molecule has 3 rings (SSSR count). The Labute approximate surface area is 160 Å². The van der Waals surface area contributed by atoms with Gasteiger partial charge in [-0.3, -0.25) is 0 Å². The number of methoxy groups -OCH3 is 1. The average Bonchev–Trinajstić information content (AvgIpc) is 3.21. The molecule has 2 bridgehead atoms. The van der Waals surface area contributed by atoms with Crippen molar-refractivity contribution in [2.75, 3.05) is 20.2 Å². The molecule has 1 N–H and O–H groups in total. The Hall–Kier alpha value is -2.44. The van der Waals surface area contributed by atoms with Crippen molar-refractivity contribution in [3.8, 4) is 5.75 Å². The van der Waals surface area contributed by atoms with E-state index in [0.29, 0.717) is 13.1 Å². The summed E-state index contributed by atoms with van der Waals surface area (Å²) in [5.74, 6) is 0.766. The minimum absolute atomic E-state index is 0.0303. The lowest BCUT2D eigenvalue weighted by atomic mass is 10.1. The normalized spacial score (nSPS) is 22.6. The lowest BCUT2D eigenvalue weighted by molar-refractivity contribution is 0.0152. The Bertz CT molecular complexity index is 715. The quantitative estimate of drug-likeness (QED) is 0.881. The molecule has 2 fully saturated rings. The second kappa shape index (κ2) is 7.29. The highest BCUT2D eigenvalue weighted by Crippen LogP contribution is 2.32. The minimum Gasteiger partial charge on any atom is -0.497 e. The highest BCUT2D eigenvalue weighted by molar-refractivity contribution is 5.77. The predicted molar refractivity (Wildman–Crippen MR) is 102 cm³/mol. The summed E-state index contributed by atoms with van der Waals surface area (Å²) in [5.41, 5.74) is 0.477. The van der Waals surface area contributed by atoms with Gasteiger partial charge in [0.1, 0.15) is 11.4 Å². The van der Waals surface area contributed by atoms with Crippen LogP contribution in [0.1, 0.15) is 45.7 Å². The molecule has 0 unspecified atom stereocenters. The lowest BCUT2D eigenvalue weighted by Gasteiger charge is -2.35. The van der Waals surface area contributed by atoms with Crippen molar-refractivity contribution in [3.63, 3.8) is 0 Å². The van der Waals surface area contributed by atoms with E-state index in [1.807, 2.05) is 56.9 Å². The van der Waals surface area contributed by atoms with E-state index in [4.69, 9.17) is 9.47 Å². The number of piperazine rings is 1. The number of carbonyl (C=O) groups excluding carboxylic acids is 2. The maximum Gasteiger partial charge on any atom is 0.410 e. The molecule has 3 atom stereocenters. The number of benzene rings is 1. The maximum atomic E-state index is 12.7. The molecule has 1 aromatic carbocycles. The fourth-order valence-electron chi connectivity index (χ4n) is 3.72. The summed E-state index contributed by atoms with van der Waals surface area (Å²) in [6, 6.07) is 7.52. The summed E-state index contributed by atoms with van der Waals surface area (Å²) < 4.78 is 10.7. The van der Waals surface area contributed by atoms with Gasteiger partial charge in [-0.2, -0.15) is 0 Å². The molecule has 0 radical (unpaired) electrons. The van der Waals surface area contributed by atoms with Crippen LogP contribution in [0.3, 0.4) is 0 Å². The van der Waals surface area contributed by atoms with E-state index in [-0.39, 0.29) is 30.2 Å². The molecule has 7 nitrogen and oxygen atoms in total. The zero-order valence-electron chi connectivity index (χ0n) is 16.7. The van der Waals surface area contributed by atoms with Crippen LogP contribution in [0, 0.1) is 0 Å². The SMILES string of the molecule is COc1cccc([C@@H](C)NC(=O)N2C[C@@H]3C[C@H]2CN3C(=O)OC(C)(C)C)c1. The van der Waals surface area contributed by atoms with E-state index in [1.54, 1.807) is 12.0 Å². The minimum atomic E-state index is -0.512. The van der Waals surface area contributed by atoms with Crippen molar-refractivity contribution in [3.05, 3.63) is 29.8 Å². The Morgan fingerprint density at radius 3 is 2.44 bits per heavy atom. The number of hydrogen-bond donors (Lipinski definition) is 1. The predicted octanol–water partition coefficient (Wildman–Crippen LogP) is 3.16. The van der Waals surface area contributed by atoms with Gasteiger partial charge in [-0.1, -0.05) is 12.1 Å². The Morgan fingerprint density at radius 2 is 1.85 bits per heavy atom. The largest absolute Gasteiger partial charge is 0.497 e. The topological polar surface area (TPSA) is 71.1 Å². The van der Waals surface area contributed by atoms with E-state index >= 15 is 0 Å². The molecule has 0 spiro atoms. The molecule has 0 saturated carbocycles. The fourth-order valence-corrected chi connectivity index (χ4v) is 3.72. The first-order valence-electron chi connectivity index (χ1n) is 9.38. The fraction of sp³-hybridized carbons (Fsp3) is 0.600. The first kappa shape index (κ1) is 19.3. The Balaban J connectivity index is 1.57. The number of amides is 3. The van der Waals surface area contributed by atoms with Crippen LogP contribution < -0.4 is 10.1 Å². The third-order valence-corrected chi connectivity index (χ3v) is 5.06. The highest BCUT2D eigenvalue weighted by Gasteiger charge is 2.48. The molecule has 2 aliphatic rings. The molecule has 1 aromatic rings. The van der Waals surface area contributed by atoms with Crippen molar-refractivity contribution in [2.24, 2.45) is 0 Å². The number of urea groups is 1. The summed E-state index contributed by atoms with van der Waals surface area (Å²) in [7, 11) is 1.62. The van der Waals surface area contributed by atoms with Crippen LogP contribution in [-0.2, 0) is 4.74 Å². The standard InChI is InChI=1S/C20H29N3O4/c1-13(14-7-6-8-17(9-14)26-5)21-18(24)22-11-16-10-15(22)12-23(16)19(25)27-20(2,3)4/h6-9,13,15-16H,10-12H2,1-5H3,(H,21,24)/t13-,15+,16+/m1/s1. The molecule has 3 amide bonds. The number of nitrogens with zero attached hydrogens (tertiary/aromatic N) is 2. The van der Waals surface area contributed by atoms with Gasteiger partial charge in [-0.05, 0) is 51.8 Å². The number of likely N-dealkylation sites (tertiary alicyclic amines) is 2. The summed E-state index contributed by atoms with van der Waals surface area (Å²) in [6.07, 6.45) is 0.514. The van der Waals surface area contributed by atoms with Crippen molar-refractivity contribution < 1.29 is 19.1 Å². The van der Waals surface area contributed by atoms with E-state index in [0.717, 1.165) is 17.7 Å². The third kappa shape index (κ3) is 4.28. The van der Waals surface area contributed by atoms with Gasteiger partial charge in [0, 0.05) is 13.1 Å². The molecular formula is C20H29N3O4. The molecule has 2 saturated heterocycles. The van der Waals surface area contributed by atoms with Crippen LogP contribution in [0.4, 0.5) is 9.59 Å². The summed E-state index contributed by atoms with van der Waals surface area (Å²) >= 11 is 0. The average molecular weight is 375 g/mol. The first-order chi connectivity index (χ1) is 12.7. The second-order valence-corrected chi connectivity index (χ2v) is 8.28. The number of ether oxygens (including phenoxy) is 2. The van der Waals surface area contributed by atoms with Crippen molar-refractivity contribution in [2.45, 2.75) is 57.8 Å². The summed E-state index contributed by atoms with van der Waals surface area (Å²) in [6.45, 7) is 8.60. The third-order valence-electron chi connectivity index (χ3n) is 5.06. The van der Waals surface area contributed by atoms with Gasteiger partial charge < -0.3 is 24.6 Å². The summed E-state index contributed by atoms with van der Waals surface area (Å²) in [4.78, 5) is 28.6. The molecule has 7 heteroatoms. The van der Waals surface area contributed by atoms with Crippen LogP contribution in [0.5, 0.6) is 5.75 Å². The zero-order valence-corrected chi connectivity index (χ0v) is 16.7. The van der Waals surface area contributed by atoms with Crippen molar-refractivity contribution in [1.82, 2.24) is 15.1 Å². The van der Waals surface area contributed by atoms with Crippen molar-refractivity contribution in [1.29, 1.82) is 0 Å². The molecular weight excluding hydrogens is 346 g/mol. The zero-order chi connectivity index (χ0) is 19.8. The van der Waals surface area contributed by atoms with Gasteiger partial charge >= 0.3 is 12.1 Å². The highest BCUT2D eigenvalue weighted by atomic mass is 16.6. The van der Waals surface area contributed by atoms with Gasteiger partial charge in [0.15, 0.2) is 0 Å². The number of carbonyl (C=O) groups is 2. The van der Waals surface area contributed by atoms with Gasteiger partial charge in [0.25, 0.3) is 0 Å². The van der Waals surface area contributed by atoms with E-state index in [1.165, 1.54) is 0 Å². The Kier molecular flexibility index (Phi) is 5.22. The van der Waals surface area contributed by atoms with Gasteiger partial charge in [0.05, 0.1) is 25.2 Å². The monoisotopic (exact) mass is 375 g/mol.